The van der Waals surface area contributed by atoms with Gasteiger partial charge in [-0.2, -0.15) is 0 Å². The zero-order chi connectivity index (χ0) is 14.0. The number of carboxylic acid groups (broad SMARTS) is 4. The van der Waals surface area contributed by atoms with Crippen LogP contribution in [-0.2, 0) is 9.59 Å². The Morgan fingerprint density at radius 1 is 0.722 bits per heavy atom. The molecule has 0 aromatic rings. The van der Waals surface area contributed by atoms with Gasteiger partial charge in [0, 0.05) is 13.1 Å². The maximum absolute atomic E-state index is 11.0. The number of hydrogen-bond acceptors (Lipinski definition) is 4. The molecule has 0 spiro atoms. The van der Waals surface area contributed by atoms with E-state index in [-0.39, 0.29) is 0 Å². The lowest BCUT2D eigenvalue weighted by atomic mass is 10.0. The Kier molecular flexibility index (Phi) is 3.59. The highest BCUT2D eigenvalue weighted by atomic mass is 16.4. The van der Waals surface area contributed by atoms with E-state index in [0.29, 0.717) is 9.80 Å². The van der Waals surface area contributed by atoms with Gasteiger partial charge in [0.05, 0.1) is 0 Å². The molecule has 2 atom stereocenters. The number of nitrogens with zero attached hydrogens (tertiary/aromatic N) is 2. The van der Waals surface area contributed by atoms with Gasteiger partial charge in [-0.3, -0.25) is 9.80 Å². The average molecular weight is 262 g/mol. The van der Waals surface area contributed by atoms with Crippen LogP contribution in [0.4, 0.5) is 9.59 Å². The SMILES string of the molecule is O=C(O)[C@@H]1[C@@H](C(=O)O)N(C(=O)O)CCN1C(=O)O. The lowest BCUT2D eigenvalue weighted by molar-refractivity contribution is -0.158. The van der Waals surface area contributed by atoms with Gasteiger partial charge in [-0.15, -0.1) is 0 Å². The van der Waals surface area contributed by atoms with E-state index in [0.717, 1.165) is 0 Å². The largest absolute Gasteiger partial charge is 0.480 e. The fraction of sp³-hybridized carbons (Fsp3) is 0.500. The normalized spacial score (nSPS) is 23.6. The first-order valence-corrected chi connectivity index (χ1v) is 4.72. The number of carbonyl (C=O) groups is 4. The first-order chi connectivity index (χ1) is 8.27. The molecule has 10 nitrogen and oxygen atoms in total. The summed E-state index contributed by atoms with van der Waals surface area (Å²) < 4.78 is 0. The van der Waals surface area contributed by atoms with Crippen LogP contribution in [0.25, 0.3) is 0 Å². The van der Waals surface area contributed by atoms with E-state index in [1.165, 1.54) is 0 Å². The van der Waals surface area contributed by atoms with Crippen molar-refractivity contribution in [3.05, 3.63) is 0 Å². The first kappa shape index (κ1) is 13.5. The zero-order valence-corrected chi connectivity index (χ0v) is 8.89. The molecule has 0 aromatic carbocycles. The maximum Gasteiger partial charge on any atom is 0.408 e. The molecule has 0 bridgehead atoms. The van der Waals surface area contributed by atoms with Gasteiger partial charge < -0.3 is 20.4 Å². The highest BCUT2D eigenvalue weighted by molar-refractivity contribution is 5.90. The average Bonchev–Trinajstić information content (AvgIpc) is 2.26. The molecule has 18 heavy (non-hydrogen) atoms. The van der Waals surface area contributed by atoms with E-state index in [1.54, 1.807) is 0 Å². The Morgan fingerprint density at radius 3 is 1.17 bits per heavy atom. The molecule has 1 rings (SSSR count). The predicted octanol–water partition coefficient (Wildman–Crippen LogP) is -1.13. The lowest BCUT2D eigenvalue weighted by Gasteiger charge is -2.40. The second kappa shape index (κ2) is 4.77. The molecule has 0 radical (unpaired) electrons. The highest BCUT2D eigenvalue weighted by Crippen LogP contribution is 2.18. The smallest absolute Gasteiger partial charge is 0.408 e. The molecule has 0 unspecified atom stereocenters. The molecule has 0 aromatic heterocycles. The van der Waals surface area contributed by atoms with Gasteiger partial charge in [-0.1, -0.05) is 0 Å². The molecule has 2 amide bonds. The summed E-state index contributed by atoms with van der Waals surface area (Å²) >= 11 is 0. The summed E-state index contributed by atoms with van der Waals surface area (Å²) in [5.41, 5.74) is 0. The molecule has 1 fully saturated rings. The number of amides is 2. The second-order valence-corrected chi connectivity index (χ2v) is 3.52. The number of carboxylic acids is 2. The molecular formula is C8H10N2O8. The van der Waals surface area contributed by atoms with Gasteiger partial charge in [0.15, 0.2) is 12.1 Å². The van der Waals surface area contributed by atoms with Crippen LogP contribution < -0.4 is 0 Å². The van der Waals surface area contributed by atoms with Crippen molar-refractivity contribution in [3.8, 4) is 0 Å². The summed E-state index contributed by atoms with van der Waals surface area (Å²) in [5, 5.41) is 35.3. The van der Waals surface area contributed by atoms with E-state index < -0.39 is 49.3 Å². The van der Waals surface area contributed by atoms with Crippen molar-refractivity contribution in [2.75, 3.05) is 13.1 Å². The van der Waals surface area contributed by atoms with Crippen LogP contribution >= 0.6 is 0 Å². The Bertz CT molecular complexity index is 370. The number of aliphatic carboxylic acids is 2. The lowest BCUT2D eigenvalue weighted by Crippen LogP contribution is -2.67. The summed E-state index contributed by atoms with van der Waals surface area (Å²) in [4.78, 5) is 44.4. The summed E-state index contributed by atoms with van der Waals surface area (Å²) in [6.45, 7) is -0.801. The minimum absolute atomic E-state index is 0.400. The highest BCUT2D eigenvalue weighted by Gasteiger charge is 2.49. The third kappa shape index (κ3) is 2.26. The van der Waals surface area contributed by atoms with Crippen LogP contribution in [-0.4, -0.2) is 79.5 Å². The number of rotatable bonds is 2. The zero-order valence-electron chi connectivity index (χ0n) is 8.89. The third-order valence-electron chi connectivity index (χ3n) is 2.55. The second-order valence-electron chi connectivity index (χ2n) is 3.52. The molecule has 0 saturated carbocycles. The standard InChI is InChI=1S/C8H10N2O8/c11-5(12)3-4(6(13)14)10(8(17)18)2-1-9(3)7(15)16/h3-4H,1-2H2,(H,11,12)(H,13,14)(H,15,16)(H,17,18)/t3-,4-/m0/s1. The van der Waals surface area contributed by atoms with Gasteiger partial charge in [0.1, 0.15) is 0 Å². The molecular weight excluding hydrogens is 252 g/mol. The van der Waals surface area contributed by atoms with E-state index in [1.807, 2.05) is 0 Å². The summed E-state index contributed by atoms with van der Waals surface area (Å²) in [5.74, 6) is -3.42. The van der Waals surface area contributed by atoms with Crippen LogP contribution in [0.5, 0.6) is 0 Å². The van der Waals surface area contributed by atoms with Gasteiger partial charge in [-0.25, -0.2) is 19.2 Å². The fourth-order valence-corrected chi connectivity index (χ4v) is 1.80. The van der Waals surface area contributed by atoms with Gasteiger partial charge in [0.25, 0.3) is 0 Å². The minimum Gasteiger partial charge on any atom is -0.480 e. The molecule has 10 heteroatoms. The molecule has 4 N–H and O–H groups in total. The van der Waals surface area contributed by atoms with Crippen LogP contribution in [0.3, 0.4) is 0 Å². The topological polar surface area (TPSA) is 156 Å². The maximum atomic E-state index is 11.0. The monoisotopic (exact) mass is 262 g/mol. The van der Waals surface area contributed by atoms with E-state index in [9.17, 15) is 19.2 Å². The van der Waals surface area contributed by atoms with Crippen molar-refractivity contribution in [3.63, 3.8) is 0 Å². The Hall–Kier alpha value is -2.52. The number of piperazine rings is 1. The Morgan fingerprint density at radius 2 is 1.00 bits per heavy atom. The van der Waals surface area contributed by atoms with E-state index in [2.05, 4.69) is 0 Å². The molecule has 1 heterocycles. The van der Waals surface area contributed by atoms with E-state index in [4.69, 9.17) is 20.4 Å². The van der Waals surface area contributed by atoms with Crippen molar-refractivity contribution in [2.24, 2.45) is 0 Å². The number of hydrogen-bond donors (Lipinski definition) is 4. The predicted molar refractivity (Wildman–Crippen MR) is 52.3 cm³/mol. The summed E-state index contributed by atoms with van der Waals surface area (Å²) in [7, 11) is 0. The minimum atomic E-state index is -1.97. The van der Waals surface area contributed by atoms with Crippen LogP contribution in [0.15, 0.2) is 0 Å². The summed E-state index contributed by atoms with van der Waals surface area (Å²) in [6, 6.07) is -3.94. The van der Waals surface area contributed by atoms with Gasteiger partial charge in [0.2, 0.25) is 0 Å². The molecule has 0 aliphatic carbocycles. The third-order valence-corrected chi connectivity index (χ3v) is 2.55. The quantitative estimate of drug-likeness (QED) is 0.486. The fourth-order valence-electron chi connectivity index (χ4n) is 1.80. The van der Waals surface area contributed by atoms with Crippen molar-refractivity contribution >= 4 is 24.1 Å². The van der Waals surface area contributed by atoms with E-state index >= 15 is 0 Å². The molecule has 1 aliphatic heterocycles. The molecule has 100 valence electrons. The van der Waals surface area contributed by atoms with Crippen molar-refractivity contribution in [1.82, 2.24) is 9.80 Å². The van der Waals surface area contributed by atoms with Crippen LogP contribution in [0, 0.1) is 0 Å². The van der Waals surface area contributed by atoms with Gasteiger partial charge >= 0.3 is 24.1 Å². The first-order valence-electron chi connectivity index (χ1n) is 4.72. The van der Waals surface area contributed by atoms with Crippen molar-refractivity contribution in [1.29, 1.82) is 0 Å². The Labute approximate surface area is 99.6 Å². The van der Waals surface area contributed by atoms with Gasteiger partial charge in [-0.05, 0) is 0 Å². The van der Waals surface area contributed by atoms with Crippen LogP contribution in [0.2, 0.25) is 0 Å². The van der Waals surface area contributed by atoms with Crippen molar-refractivity contribution in [2.45, 2.75) is 12.1 Å². The molecule has 1 saturated heterocycles. The van der Waals surface area contributed by atoms with Crippen LogP contribution in [0.1, 0.15) is 0 Å². The Balaban J connectivity index is 3.18. The molecule has 1 aliphatic rings. The summed E-state index contributed by atoms with van der Waals surface area (Å²) in [6.07, 6.45) is -3.22. The van der Waals surface area contributed by atoms with Crippen molar-refractivity contribution < 1.29 is 39.6 Å².